The zero-order chi connectivity index (χ0) is 8.60. The Hall–Kier alpha value is -0.0800. The van der Waals surface area contributed by atoms with E-state index >= 15 is 0 Å². The van der Waals surface area contributed by atoms with Crippen LogP contribution in [0, 0.1) is 5.92 Å². The zero-order valence-electron chi connectivity index (χ0n) is 8.19. The van der Waals surface area contributed by atoms with Crippen molar-refractivity contribution in [3.8, 4) is 0 Å². The number of rotatable bonds is 0. The molecule has 0 aromatic carbocycles. The molecule has 2 fully saturated rings. The highest BCUT2D eigenvalue weighted by Crippen LogP contribution is 2.32. The van der Waals surface area contributed by atoms with E-state index in [2.05, 4.69) is 24.5 Å². The topological polar surface area (TPSA) is 24.1 Å². The quantitative estimate of drug-likeness (QED) is 0.572. The van der Waals surface area contributed by atoms with Crippen molar-refractivity contribution in [1.29, 1.82) is 0 Å². The third-order valence-electron chi connectivity index (χ3n) is 3.27. The van der Waals surface area contributed by atoms with E-state index in [1.54, 1.807) is 0 Å². The average molecular weight is 168 g/mol. The minimum Gasteiger partial charge on any atom is -0.298 e. The summed E-state index contributed by atoms with van der Waals surface area (Å²) in [5.41, 5.74) is 0.317. The number of hydrogen-bond donors (Lipinski definition) is 2. The lowest BCUT2D eigenvalue weighted by molar-refractivity contribution is 0.183. The van der Waals surface area contributed by atoms with Gasteiger partial charge in [-0.25, -0.2) is 0 Å². The Balaban J connectivity index is 2.00. The van der Waals surface area contributed by atoms with E-state index in [1.807, 2.05) is 0 Å². The molecule has 1 saturated carbocycles. The molecule has 0 aromatic rings. The molecule has 70 valence electrons. The second-order valence-corrected chi connectivity index (χ2v) is 4.71. The van der Waals surface area contributed by atoms with Gasteiger partial charge < -0.3 is 0 Å². The highest BCUT2D eigenvalue weighted by atomic mass is 15.3. The van der Waals surface area contributed by atoms with E-state index in [4.69, 9.17) is 0 Å². The molecule has 2 nitrogen and oxygen atoms in total. The van der Waals surface area contributed by atoms with Crippen LogP contribution in [0.15, 0.2) is 0 Å². The fourth-order valence-electron chi connectivity index (χ4n) is 2.77. The standard InChI is InChI=1S/C10H20N2/c1-8-4-3-5-10(6-8)11-7-9(2)12-10/h8-9,11-12H,3-7H2,1-2H3/t8-,9+,10-/m1/s1. The summed E-state index contributed by atoms with van der Waals surface area (Å²) in [7, 11) is 0. The Kier molecular flexibility index (Phi) is 2.13. The molecule has 1 aliphatic carbocycles. The molecule has 12 heavy (non-hydrogen) atoms. The third-order valence-corrected chi connectivity index (χ3v) is 3.27. The first-order valence-electron chi connectivity index (χ1n) is 5.23. The SMILES string of the molecule is C[C@@H]1CCC[C@@]2(C1)NC[C@H](C)N2. The molecule has 0 unspecified atom stereocenters. The minimum absolute atomic E-state index is 0.317. The lowest BCUT2D eigenvalue weighted by Gasteiger charge is -2.37. The van der Waals surface area contributed by atoms with Gasteiger partial charge in [-0.2, -0.15) is 0 Å². The first kappa shape index (κ1) is 8.52. The fraction of sp³-hybridized carbons (Fsp3) is 1.00. The summed E-state index contributed by atoms with van der Waals surface area (Å²) >= 11 is 0. The van der Waals surface area contributed by atoms with Gasteiger partial charge in [-0.15, -0.1) is 0 Å². The molecule has 1 spiro atoms. The van der Waals surface area contributed by atoms with Crippen LogP contribution in [-0.2, 0) is 0 Å². The molecule has 2 rings (SSSR count). The van der Waals surface area contributed by atoms with Gasteiger partial charge in [0, 0.05) is 12.6 Å². The van der Waals surface area contributed by atoms with Crippen molar-refractivity contribution < 1.29 is 0 Å². The van der Waals surface area contributed by atoms with Crippen molar-refractivity contribution in [3.05, 3.63) is 0 Å². The molecule has 0 aromatic heterocycles. The molecule has 0 radical (unpaired) electrons. The molecular formula is C10H20N2. The maximum Gasteiger partial charge on any atom is 0.0692 e. The Morgan fingerprint density at radius 3 is 2.75 bits per heavy atom. The van der Waals surface area contributed by atoms with E-state index < -0.39 is 0 Å². The molecule has 0 bridgehead atoms. The summed E-state index contributed by atoms with van der Waals surface area (Å²) in [6.07, 6.45) is 5.44. The van der Waals surface area contributed by atoms with Gasteiger partial charge in [0.1, 0.15) is 0 Å². The summed E-state index contributed by atoms with van der Waals surface area (Å²) in [4.78, 5) is 0. The molecular weight excluding hydrogens is 148 g/mol. The van der Waals surface area contributed by atoms with Gasteiger partial charge >= 0.3 is 0 Å². The summed E-state index contributed by atoms with van der Waals surface area (Å²) in [6.45, 7) is 5.78. The lowest BCUT2D eigenvalue weighted by atomic mass is 9.82. The lowest BCUT2D eigenvalue weighted by Crippen LogP contribution is -2.52. The second kappa shape index (κ2) is 3.00. The summed E-state index contributed by atoms with van der Waals surface area (Å²) in [5, 5.41) is 7.33. The van der Waals surface area contributed by atoms with Gasteiger partial charge in [0.2, 0.25) is 0 Å². The van der Waals surface area contributed by atoms with Crippen molar-refractivity contribution >= 4 is 0 Å². The first-order valence-corrected chi connectivity index (χ1v) is 5.23. The molecule has 1 heterocycles. The molecule has 0 amide bonds. The van der Waals surface area contributed by atoms with Crippen LogP contribution in [-0.4, -0.2) is 18.2 Å². The molecule has 1 aliphatic heterocycles. The number of nitrogens with one attached hydrogen (secondary N) is 2. The van der Waals surface area contributed by atoms with Crippen molar-refractivity contribution in [3.63, 3.8) is 0 Å². The van der Waals surface area contributed by atoms with Gasteiger partial charge in [0.05, 0.1) is 5.66 Å². The normalized spacial score (nSPS) is 48.5. The van der Waals surface area contributed by atoms with Gasteiger partial charge in [0.15, 0.2) is 0 Å². The maximum atomic E-state index is 3.69. The summed E-state index contributed by atoms with van der Waals surface area (Å²) in [5.74, 6) is 0.893. The van der Waals surface area contributed by atoms with Crippen LogP contribution >= 0.6 is 0 Å². The average Bonchev–Trinajstić information content (AvgIpc) is 2.32. The molecule has 3 atom stereocenters. The van der Waals surface area contributed by atoms with Gasteiger partial charge in [-0.05, 0) is 25.7 Å². The fourth-order valence-corrected chi connectivity index (χ4v) is 2.77. The molecule has 2 aliphatic rings. The first-order chi connectivity index (χ1) is 5.70. The Labute approximate surface area is 75.1 Å². The monoisotopic (exact) mass is 168 g/mol. The maximum absolute atomic E-state index is 3.69. The van der Waals surface area contributed by atoms with Crippen LogP contribution in [0.1, 0.15) is 39.5 Å². The van der Waals surface area contributed by atoms with Crippen LogP contribution in [0.25, 0.3) is 0 Å². The highest BCUT2D eigenvalue weighted by molar-refractivity contribution is 4.97. The Morgan fingerprint density at radius 1 is 1.33 bits per heavy atom. The van der Waals surface area contributed by atoms with Gasteiger partial charge in [0.25, 0.3) is 0 Å². The van der Waals surface area contributed by atoms with E-state index in [0.29, 0.717) is 11.7 Å². The van der Waals surface area contributed by atoms with E-state index in [0.717, 1.165) is 12.5 Å². The molecule has 2 N–H and O–H groups in total. The van der Waals surface area contributed by atoms with Crippen LogP contribution in [0.4, 0.5) is 0 Å². The van der Waals surface area contributed by atoms with Crippen LogP contribution in [0.3, 0.4) is 0 Å². The molecule has 1 saturated heterocycles. The second-order valence-electron chi connectivity index (χ2n) is 4.71. The van der Waals surface area contributed by atoms with E-state index in [1.165, 1.54) is 25.7 Å². The van der Waals surface area contributed by atoms with Crippen molar-refractivity contribution in [2.75, 3.05) is 6.54 Å². The molecule has 2 heteroatoms. The third kappa shape index (κ3) is 1.50. The predicted octanol–water partition coefficient (Wildman–Crippen LogP) is 1.47. The van der Waals surface area contributed by atoms with E-state index in [-0.39, 0.29) is 0 Å². The van der Waals surface area contributed by atoms with Crippen LogP contribution in [0.5, 0.6) is 0 Å². The smallest absolute Gasteiger partial charge is 0.0692 e. The zero-order valence-corrected chi connectivity index (χ0v) is 8.19. The van der Waals surface area contributed by atoms with Crippen molar-refractivity contribution in [1.82, 2.24) is 10.6 Å². The Morgan fingerprint density at radius 2 is 2.17 bits per heavy atom. The Bertz CT molecular complexity index is 165. The highest BCUT2D eigenvalue weighted by Gasteiger charge is 2.39. The largest absolute Gasteiger partial charge is 0.298 e. The van der Waals surface area contributed by atoms with Gasteiger partial charge in [-0.1, -0.05) is 19.8 Å². The number of hydrogen-bond acceptors (Lipinski definition) is 2. The van der Waals surface area contributed by atoms with Crippen molar-refractivity contribution in [2.45, 2.75) is 51.2 Å². The van der Waals surface area contributed by atoms with E-state index in [9.17, 15) is 0 Å². The van der Waals surface area contributed by atoms with Crippen LogP contribution in [0.2, 0.25) is 0 Å². The van der Waals surface area contributed by atoms with Gasteiger partial charge in [-0.3, -0.25) is 10.6 Å². The van der Waals surface area contributed by atoms with Crippen LogP contribution < -0.4 is 10.6 Å². The summed E-state index contributed by atoms with van der Waals surface area (Å²) < 4.78 is 0. The van der Waals surface area contributed by atoms with Crippen molar-refractivity contribution in [2.24, 2.45) is 5.92 Å². The minimum atomic E-state index is 0.317. The summed E-state index contributed by atoms with van der Waals surface area (Å²) in [6, 6.07) is 0.662. The predicted molar refractivity (Wildman–Crippen MR) is 51.0 cm³/mol.